The van der Waals surface area contributed by atoms with Crippen molar-refractivity contribution >= 4 is 11.3 Å². The van der Waals surface area contributed by atoms with Gasteiger partial charge >= 0.3 is 0 Å². The molecular formula is C19H25N3OS. The maximum atomic E-state index is 9.69. The molecule has 0 bridgehead atoms. The van der Waals surface area contributed by atoms with Crippen LogP contribution in [0.4, 0.5) is 0 Å². The summed E-state index contributed by atoms with van der Waals surface area (Å²) >= 11 is 1.72. The summed E-state index contributed by atoms with van der Waals surface area (Å²) in [5.41, 5.74) is 1.41. The van der Waals surface area contributed by atoms with Crippen LogP contribution in [0.2, 0.25) is 0 Å². The summed E-state index contributed by atoms with van der Waals surface area (Å²) < 4.78 is 2.18. The molecule has 0 aromatic carbocycles. The van der Waals surface area contributed by atoms with Crippen LogP contribution in [0.15, 0.2) is 18.2 Å². The first-order chi connectivity index (χ1) is 11.3. The van der Waals surface area contributed by atoms with Crippen LogP contribution in [0.1, 0.15) is 47.5 Å². The molecule has 1 atom stereocenters. The molecule has 1 aliphatic rings. The van der Waals surface area contributed by atoms with E-state index in [-0.39, 0.29) is 0 Å². The smallest absolute Gasteiger partial charge is 0.120 e. The molecule has 24 heavy (non-hydrogen) atoms. The van der Waals surface area contributed by atoms with Crippen molar-refractivity contribution in [1.82, 2.24) is 14.7 Å². The van der Waals surface area contributed by atoms with E-state index >= 15 is 0 Å². The van der Waals surface area contributed by atoms with Crippen molar-refractivity contribution in [3.8, 4) is 11.8 Å². The maximum Gasteiger partial charge on any atom is 0.120 e. The van der Waals surface area contributed by atoms with Crippen LogP contribution in [0, 0.1) is 25.7 Å². The molecule has 1 aliphatic heterocycles. The number of aliphatic hydroxyl groups is 1. The summed E-state index contributed by atoms with van der Waals surface area (Å²) in [5.74, 6) is 5.93. The van der Waals surface area contributed by atoms with E-state index in [2.05, 4.69) is 52.5 Å². The number of likely N-dealkylation sites (tertiary alicyclic amines) is 1. The lowest BCUT2D eigenvalue weighted by Gasteiger charge is -2.16. The number of nitrogens with zero attached hydrogens (tertiary/aromatic N) is 3. The molecule has 0 aliphatic carbocycles. The van der Waals surface area contributed by atoms with Crippen LogP contribution in [0.5, 0.6) is 0 Å². The highest BCUT2D eigenvalue weighted by molar-refractivity contribution is 7.12. The summed E-state index contributed by atoms with van der Waals surface area (Å²) in [6.07, 6.45) is 1.15. The molecule has 1 saturated heterocycles. The van der Waals surface area contributed by atoms with E-state index in [4.69, 9.17) is 0 Å². The highest BCUT2D eigenvalue weighted by Crippen LogP contribution is 2.26. The minimum absolute atomic E-state index is 0.480. The van der Waals surface area contributed by atoms with Crippen LogP contribution in [-0.2, 0) is 6.54 Å². The molecule has 5 heteroatoms. The third-order valence-electron chi connectivity index (χ3n) is 4.17. The van der Waals surface area contributed by atoms with Crippen molar-refractivity contribution in [1.29, 1.82) is 0 Å². The second-order valence-corrected chi connectivity index (χ2v) is 8.29. The number of rotatable bonds is 3. The zero-order valence-corrected chi connectivity index (χ0v) is 15.7. The molecule has 3 heterocycles. The third-order valence-corrected chi connectivity index (χ3v) is 5.16. The second-order valence-electron chi connectivity index (χ2n) is 7.12. The van der Waals surface area contributed by atoms with E-state index in [0.717, 1.165) is 36.6 Å². The maximum absolute atomic E-state index is 9.69. The average molecular weight is 343 g/mol. The number of hydrogen-bond donors (Lipinski definition) is 1. The topological polar surface area (TPSA) is 41.3 Å². The number of thiophene rings is 1. The van der Waals surface area contributed by atoms with Gasteiger partial charge in [0.25, 0.3) is 0 Å². The van der Waals surface area contributed by atoms with Crippen molar-refractivity contribution in [2.75, 3.05) is 13.1 Å². The van der Waals surface area contributed by atoms with Crippen LogP contribution < -0.4 is 0 Å². The fourth-order valence-corrected chi connectivity index (χ4v) is 4.04. The summed E-state index contributed by atoms with van der Waals surface area (Å²) in [5, 5.41) is 14.3. The fourth-order valence-electron chi connectivity index (χ4n) is 3.14. The molecular weight excluding hydrogens is 318 g/mol. The van der Waals surface area contributed by atoms with Gasteiger partial charge in [-0.3, -0.25) is 9.58 Å². The SMILES string of the molecule is Cc1cc(C)n(C2CCN(Cc3ccc(C#CC(C)(C)O)s3)C2)n1. The Labute approximate surface area is 148 Å². The normalized spacial score (nSPS) is 18.6. The molecule has 0 radical (unpaired) electrons. The third kappa shape index (κ3) is 4.27. The summed E-state index contributed by atoms with van der Waals surface area (Å²) in [6.45, 7) is 10.7. The largest absolute Gasteiger partial charge is 0.378 e. The first kappa shape index (κ1) is 17.2. The predicted molar refractivity (Wildman–Crippen MR) is 98.1 cm³/mol. The Morgan fingerprint density at radius 1 is 1.38 bits per heavy atom. The van der Waals surface area contributed by atoms with E-state index in [1.54, 1.807) is 25.2 Å². The quantitative estimate of drug-likeness (QED) is 0.871. The lowest BCUT2D eigenvalue weighted by atomic mass is 10.1. The first-order valence-electron chi connectivity index (χ1n) is 8.39. The molecule has 0 amide bonds. The van der Waals surface area contributed by atoms with Gasteiger partial charge in [-0.1, -0.05) is 11.8 Å². The van der Waals surface area contributed by atoms with Crippen molar-refractivity contribution < 1.29 is 5.11 Å². The molecule has 0 spiro atoms. The average Bonchev–Trinajstić information content (AvgIpc) is 3.17. The summed E-state index contributed by atoms with van der Waals surface area (Å²) in [7, 11) is 0. The van der Waals surface area contributed by atoms with Gasteiger partial charge in [-0.2, -0.15) is 5.10 Å². The Morgan fingerprint density at radius 2 is 2.17 bits per heavy atom. The number of aryl methyl sites for hydroxylation is 2. The first-order valence-corrected chi connectivity index (χ1v) is 9.21. The van der Waals surface area contributed by atoms with Gasteiger partial charge in [0.2, 0.25) is 0 Å². The predicted octanol–water partition coefficient (Wildman–Crippen LogP) is 3.13. The van der Waals surface area contributed by atoms with Crippen LogP contribution in [0.25, 0.3) is 0 Å². The van der Waals surface area contributed by atoms with Gasteiger partial charge in [-0.05, 0) is 52.3 Å². The van der Waals surface area contributed by atoms with Gasteiger partial charge in [0, 0.05) is 30.2 Å². The summed E-state index contributed by atoms with van der Waals surface area (Å²) in [6, 6.07) is 6.83. The summed E-state index contributed by atoms with van der Waals surface area (Å²) in [4.78, 5) is 4.82. The van der Waals surface area contributed by atoms with E-state index in [9.17, 15) is 5.11 Å². The fraction of sp³-hybridized carbons (Fsp3) is 0.526. The monoisotopic (exact) mass is 343 g/mol. The van der Waals surface area contributed by atoms with Gasteiger partial charge < -0.3 is 5.11 Å². The lowest BCUT2D eigenvalue weighted by molar-refractivity contribution is 0.143. The van der Waals surface area contributed by atoms with E-state index in [1.165, 1.54) is 10.6 Å². The molecule has 4 nitrogen and oxygen atoms in total. The van der Waals surface area contributed by atoms with Crippen LogP contribution in [-0.4, -0.2) is 38.5 Å². The van der Waals surface area contributed by atoms with Crippen LogP contribution >= 0.6 is 11.3 Å². The second kappa shape index (κ2) is 6.72. The van der Waals surface area contributed by atoms with Crippen molar-refractivity contribution in [3.63, 3.8) is 0 Å². The van der Waals surface area contributed by atoms with Gasteiger partial charge in [0.05, 0.1) is 16.6 Å². The van der Waals surface area contributed by atoms with Gasteiger partial charge in [0.15, 0.2) is 0 Å². The molecule has 0 saturated carbocycles. The molecule has 3 rings (SSSR count). The Balaban J connectivity index is 1.61. The van der Waals surface area contributed by atoms with E-state index in [0.29, 0.717) is 6.04 Å². The van der Waals surface area contributed by atoms with E-state index in [1.807, 2.05) is 6.07 Å². The number of aromatic nitrogens is 2. The standard InChI is InChI=1S/C19H25N3OS/c1-14-11-15(2)22(20-14)16-8-10-21(12-16)13-18-6-5-17(24-18)7-9-19(3,4)23/h5-6,11,16,23H,8,10,12-13H2,1-4H3. The highest BCUT2D eigenvalue weighted by Gasteiger charge is 2.25. The Bertz CT molecular complexity index is 773. The Hall–Kier alpha value is -1.61. The molecule has 1 fully saturated rings. The highest BCUT2D eigenvalue weighted by atomic mass is 32.1. The van der Waals surface area contributed by atoms with Gasteiger partial charge in [-0.15, -0.1) is 11.3 Å². The molecule has 128 valence electrons. The molecule has 1 unspecified atom stereocenters. The van der Waals surface area contributed by atoms with E-state index < -0.39 is 5.60 Å². The van der Waals surface area contributed by atoms with Gasteiger partial charge in [-0.25, -0.2) is 0 Å². The minimum atomic E-state index is -0.938. The van der Waals surface area contributed by atoms with Crippen LogP contribution in [0.3, 0.4) is 0 Å². The number of hydrogen-bond acceptors (Lipinski definition) is 4. The zero-order valence-electron chi connectivity index (χ0n) is 14.8. The lowest BCUT2D eigenvalue weighted by Crippen LogP contribution is -2.21. The van der Waals surface area contributed by atoms with Crippen molar-refractivity contribution in [2.24, 2.45) is 0 Å². The van der Waals surface area contributed by atoms with Crippen molar-refractivity contribution in [3.05, 3.63) is 39.3 Å². The van der Waals surface area contributed by atoms with Crippen molar-refractivity contribution in [2.45, 2.75) is 52.3 Å². The van der Waals surface area contributed by atoms with Gasteiger partial charge in [0.1, 0.15) is 5.60 Å². The minimum Gasteiger partial charge on any atom is -0.378 e. The Morgan fingerprint density at radius 3 is 2.83 bits per heavy atom. The Kier molecular flexibility index (Phi) is 4.82. The zero-order chi connectivity index (χ0) is 17.3. The molecule has 2 aromatic heterocycles. The molecule has 2 aromatic rings. The molecule has 1 N–H and O–H groups in total.